The maximum Gasteiger partial charge on any atom is 0.336 e. The number of carbonyl (C=O) groups excluding carboxylic acids is 1. The summed E-state index contributed by atoms with van der Waals surface area (Å²) in [6.45, 7) is 1.21. The SMILES string of the molecule is O=C(O)c1ccccc1-c1ccc(C(=O)N2CCC(Oc3cccnc3)CC2)cn1. The van der Waals surface area contributed by atoms with Gasteiger partial charge in [0.05, 0.1) is 23.0 Å². The molecule has 3 heterocycles. The van der Waals surface area contributed by atoms with Crippen molar-refractivity contribution in [2.45, 2.75) is 18.9 Å². The molecule has 0 unspecified atom stereocenters. The molecule has 30 heavy (non-hydrogen) atoms. The summed E-state index contributed by atoms with van der Waals surface area (Å²) in [5.74, 6) is -0.354. The van der Waals surface area contributed by atoms with Gasteiger partial charge in [0.15, 0.2) is 0 Å². The lowest BCUT2D eigenvalue weighted by atomic mass is 10.0. The van der Waals surface area contributed by atoms with E-state index >= 15 is 0 Å². The second-order valence-electron chi connectivity index (χ2n) is 7.08. The fraction of sp³-hybridized carbons (Fsp3) is 0.217. The Labute approximate surface area is 174 Å². The van der Waals surface area contributed by atoms with Gasteiger partial charge >= 0.3 is 5.97 Å². The number of ether oxygens (including phenoxy) is 1. The number of aromatic nitrogens is 2. The molecule has 152 valence electrons. The van der Waals surface area contributed by atoms with Crippen LogP contribution in [0.5, 0.6) is 5.75 Å². The number of pyridine rings is 2. The summed E-state index contributed by atoms with van der Waals surface area (Å²) < 4.78 is 5.92. The Morgan fingerprint density at radius 3 is 2.47 bits per heavy atom. The van der Waals surface area contributed by atoms with Crippen LogP contribution in [0.2, 0.25) is 0 Å². The number of carboxylic acids is 1. The van der Waals surface area contributed by atoms with E-state index in [4.69, 9.17) is 4.74 Å². The van der Waals surface area contributed by atoms with E-state index in [0.29, 0.717) is 29.9 Å². The van der Waals surface area contributed by atoms with E-state index in [1.165, 1.54) is 12.3 Å². The summed E-state index contributed by atoms with van der Waals surface area (Å²) >= 11 is 0. The third-order valence-electron chi connectivity index (χ3n) is 5.11. The average molecular weight is 403 g/mol. The second-order valence-corrected chi connectivity index (χ2v) is 7.08. The molecule has 0 spiro atoms. The number of carbonyl (C=O) groups is 2. The highest BCUT2D eigenvalue weighted by Gasteiger charge is 2.25. The van der Waals surface area contributed by atoms with Crippen LogP contribution in [0.1, 0.15) is 33.6 Å². The molecular weight excluding hydrogens is 382 g/mol. The molecule has 7 nitrogen and oxygen atoms in total. The van der Waals surface area contributed by atoms with Crippen LogP contribution in [0.25, 0.3) is 11.3 Å². The van der Waals surface area contributed by atoms with Crippen molar-refractivity contribution in [1.29, 1.82) is 0 Å². The van der Waals surface area contributed by atoms with Crippen molar-refractivity contribution in [1.82, 2.24) is 14.9 Å². The third-order valence-corrected chi connectivity index (χ3v) is 5.11. The zero-order valence-corrected chi connectivity index (χ0v) is 16.3. The van der Waals surface area contributed by atoms with Crippen LogP contribution in [0.3, 0.4) is 0 Å². The Balaban J connectivity index is 1.40. The van der Waals surface area contributed by atoms with E-state index in [2.05, 4.69) is 9.97 Å². The summed E-state index contributed by atoms with van der Waals surface area (Å²) in [5.41, 5.74) is 1.71. The molecule has 1 aromatic carbocycles. The Bertz CT molecular complexity index is 1030. The Morgan fingerprint density at radius 2 is 1.80 bits per heavy atom. The predicted octanol–water partition coefficient (Wildman–Crippen LogP) is 3.53. The molecule has 1 aliphatic rings. The number of rotatable bonds is 5. The van der Waals surface area contributed by atoms with E-state index < -0.39 is 5.97 Å². The maximum absolute atomic E-state index is 12.8. The van der Waals surface area contributed by atoms with Crippen LogP contribution in [0, 0.1) is 0 Å². The van der Waals surface area contributed by atoms with E-state index in [-0.39, 0.29) is 17.6 Å². The van der Waals surface area contributed by atoms with Crippen molar-refractivity contribution < 1.29 is 19.4 Å². The van der Waals surface area contributed by atoms with Gasteiger partial charge in [-0.05, 0) is 30.3 Å². The van der Waals surface area contributed by atoms with Gasteiger partial charge in [-0.2, -0.15) is 0 Å². The van der Waals surface area contributed by atoms with Crippen LogP contribution < -0.4 is 4.74 Å². The molecule has 1 amide bonds. The first-order valence-corrected chi connectivity index (χ1v) is 9.76. The van der Waals surface area contributed by atoms with E-state index in [0.717, 1.165) is 18.6 Å². The van der Waals surface area contributed by atoms with Gasteiger partial charge < -0.3 is 14.7 Å². The standard InChI is InChI=1S/C23H21N3O4/c27-22(26-12-9-17(10-13-26)30-18-4-3-11-24-15-18)16-7-8-21(25-14-16)19-5-1-2-6-20(19)23(28)29/h1-8,11,14-15,17H,9-10,12-13H2,(H,28,29). The Kier molecular flexibility index (Phi) is 5.70. The first-order chi connectivity index (χ1) is 14.6. The second kappa shape index (κ2) is 8.73. The molecule has 4 rings (SSSR count). The average Bonchev–Trinajstić information content (AvgIpc) is 2.80. The largest absolute Gasteiger partial charge is 0.489 e. The van der Waals surface area contributed by atoms with Gasteiger partial charge in [0.2, 0.25) is 0 Å². The monoisotopic (exact) mass is 403 g/mol. The van der Waals surface area contributed by atoms with Gasteiger partial charge in [-0.15, -0.1) is 0 Å². The molecule has 7 heteroatoms. The zero-order chi connectivity index (χ0) is 20.9. The number of benzene rings is 1. The zero-order valence-electron chi connectivity index (χ0n) is 16.3. The summed E-state index contributed by atoms with van der Waals surface area (Å²) in [4.78, 5) is 34.4. The van der Waals surface area contributed by atoms with Crippen LogP contribution >= 0.6 is 0 Å². The lowest BCUT2D eigenvalue weighted by Gasteiger charge is -2.32. The normalized spacial score (nSPS) is 14.3. The van der Waals surface area contributed by atoms with Crippen molar-refractivity contribution in [2.24, 2.45) is 0 Å². The molecule has 2 aromatic heterocycles. The number of likely N-dealkylation sites (tertiary alicyclic amines) is 1. The first-order valence-electron chi connectivity index (χ1n) is 9.76. The number of hydrogen-bond donors (Lipinski definition) is 1. The first kappa shape index (κ1) is 19.6. The fourth-order valence-electron chi connectivity index (χ4n) is 3.54. The minimum atomic E-state index is -1.01. The van der Waals surface area contributed by atoms with Gasteiger partial charge in [-0.1, -0.05) is 18.2 Å². The number of carboxylic acid groups (broad SMARTS) is 1. The molecule has 3 aromatic rings. The Hall–Kier alpha value is -3.74. The molecule has 1 saturated heterocycles. The van der Waals surface area contributed by atoms with Crippen molar-refractivity contribution >= 4 is 11.9 Å². The summed E-state index contributed by atoms with van der Waals surface area (Å²) in [6.07, 6.45) is 6.46. The van der Waals surface area contributed by atoms with Gasteiger partial charge in [0.25, 0.3) is 5.91 Å². The van der Waals surface area contributed by atoms with E-state index in [1.807, 2.05) is 12.1 Å². The molecule has 1 N–H and O–H groups in total. The Morgan fingerprint density at radius 1 is 1.00 bits per heavy atom. The molecule has 0 atom stereocenters. The number of nitrogens with zero attached hydrogens (tertiary/aromatic N) is 3. The number of piperidine rings is 1. The summed E-state index contributed by atoms with van der Waals surface area (Å²) in [7, 11) is 0. The number of amides is 1. The van der Waals surface area contributed by atoms with Crippen LogP contribution in [-0.4, -0.2) is 51.0 Å². The predicted molar refractivity (Wildman–Crippen MR) is 110 cm³/mol. The number of hydrogen-bond acceptors (Lipinski definition) is 5. The molecule has 1 fully saturated rings. The van der Waals surface area contributed by atoms with Crippen LogP contribution in [0.15, 0.2) is 67.1 Å². The topological polar surface area (TPSA) is 92.6 Å². The highest BCUT2D eigenvalue weighted by Crippen LogP contribution is 2.23. The molecule has 0 bridgehead atoms. The minimum Gasteiger partial charge on any atom is -0.489 e. The van der Waals surface area contributed by atoms with E-state index in [9.17, 15) is 14.7 Å². The highest BCUT2D eigenvalue weighted by atomic mass is 16.5. The molecule has 0 radical (unpaired) electrons. The van der Waals surface area contributed by atoms with Crippen molar-refractivity contribution in [3.05, 3.63) is 78.2 Å². The maximum atomic E-state index is 12.8. The molecule has 0 saturated carbocycles. The number of aromatic carboxylic acids is 1. The third kappa shape index (κ3) is 4.30. The van der Waals surface area contributed by atoms with Crippen LogP contribution in [0.4, 0.5) is 0 Å². The minimum absolute atomic E-state index is 0.0614. The van der Waals surface area contributed by atoms with Gasteiger partial charge in [0, 0.05) is 43.9 Å². The van der Waals surface area contributed by atoms with E-state index in [1.54, 1.807) is 47.6 Å². The lowest BCUT2D eigenvalue weighted by Crippen LogP contribution is -2.41. The quantitative estimate of drug-likeness (QED) is 0.701. The fourth-order valence-corrected chi connectivity index (χ4v) is 3.54. The van der Waals surface area contributed by atoms with Crippen LogP contribution in [-0.2, 0) is 0 Å². The lowest BCUT2D eigenvalue weighted by molar-refractivity contribution is 0.0593. The highest BCUT2D eigenvalue weighted by molar-refractivity contribution is 5.96. The van der Waals surface area contributed by atoms with Crippen molar-refractivity contribution in [3.8, 4) is 17.0 Å². The molecule has 0 aliphatic carbocycles. The summed E-state index contributed by atoms with van der Waals surface area (Å²) in [5, 5.41) is 9.35. The van der Waals surface area contributed by atoms with Gasteiger partial charge in [-0.25, -0.2) is 4.79 Å². The van der Waals surface area contributed by atoms with Crippen molar-refractivity contribution in [2.75, 3.05) is 13.1 Å². The molecular formula is C23H21N3O4. The van der Waals surface area contributed by atoms with Crippen molar-refractivity contribution in [3.63, 3.8) is 0 Å². The molecule has 1 aliphatic heterocycles. The summed E-state index contributed by atoms with van der Waals surface area (Å²) in [6, 6.07) is 13.8. The van der Waals surface area contributed by atoms with Gasteiger partial charge in [0.1, 0.15) is 11.9 Å². The smallest absolute Gasteiger partial charge is 0.336 e. The van der Waals surface area contributed by atoms with Gasteiger partial charge in [-0.3, -0.25) is 14.8 Å².